The lowest BCUT2D eigenvalue weighted by atomic mass is 10.3. The van der Waals surface area contributed by atoms with Gasteiger partial charge in [-0.3, -0.25) is 0 Å². The molecule has 0 heterocycles. The van der Waals surface area contributed by atoms with Gasteiger partial charge in [-0.1, -0.05) is 37.1 Å². The summed E-state index contributed by atoms with van der Waals surface area (Å²) < 4.78 is 5.62. The molecule has 0 bridgehead atoms. The summed E-state index contributed by atoms with van der Waals surface area (Å²) in [7, 11) is 0. The third kappa shape index (κ3) is 3.97. The van der Waals surface area contributed by atoms with Gasteiger partial charge < -0.3 is 4.74 Å². The van der Waals surface area contributed by atoms with Gasteiger partial charge in [-0.05, 0) is 19.4 Å². The Kier molecular flexibility index (Phi) is 4.37. The molecule has 0 fully saturated rings. The molecule has 0 saturated carbocycles. The maximum Gasteiger partial charge on any atom is 0.0997 e. The summed E-state index contributed by atoms with van der Waals surface area (Å²) in [6.45, 7) is 5.12. The zero-order valence-electron chi connectivity index (χ0n) is 8.55. The molecule has 0 aromatic rings. The Hall–Kier alpha value is -0.980. The highest BCUT2D eigenvalue weighted by Crippen LogP contribution is 2.12. The topological polar surface area (TPSA) is 9.23 Å². The van der Waals surface area contributed by atoms with E-state index >= 15 is 0 Å². The molecule has 0 aliphatic heterocycles. The van der Waals surface area contributed by atoms with Crippen LogP contribution in [0.25, 0.3) is 0 Å². The molecular weight excluding hydrogens is 160 g/mol. The molecule has 0 saturated heterocycles. The van der Waals surface area contributed by atoms with Gasteiger partial charge in [-0.15, -0.1) is 0 Å². The molecule has 13 heavy (non-hydrogen) atoms. The van der Waals surface area contributed by atoms with E-state index < -0.39 is 0 Å². The molecule has 1 aliphatic rings. The molecule has 0 unspecified atom stereocenters. The largest absolute Gasteiger partial charge is 0.498 e. The van der Waals surface area contributed by atoms with Gasteiger partial charge in [0.15, 0.2) is 0 Å². The van der Waals surface area contributed by atoms with Gasteiger partial charge in [0.1, 0.15) is 0 Å². The second kappa shape index (κ2) is 5.63. The maximum atomic E-state index is 5.62. The SMILES string of the molecule is CCCCOC1=CC=C(C)C=CC1. The second-order valence-electron chi connectivity index (χ2n) is 3.35. The van der Waals surface area contributed by atoms with E-state index in [4.69, 9.17) is 4.74 Å². The fourth-order valence-electron chi connectivity index (χ4n) is 1.16. The minimum absolute atomic E-state index is 0.850. The van der Waals surface area contributed by atoms with E-state index in [-0.39, 0.29) is 0 Å². The van der Waals surface area contributed by atoms with E-state index in [9.17, 15) is 0 Å². The van der Waals surface area contributed by atoms with Crippen molar-refractivity contribution in [3.05, 3.63) is 35.6 Å². The second-order valence-corrected chi connectivity index (χ2v) is 3.35. The minimum Gasteiger partial charge on any atom is -0.498 e. The summed E-state index contributed by atoms with van der Waals surface area (Å²) in [4.78, 5) is 0. The van der Waals surface area contributed by atoms with Crippen molar-refractivity contribution >= 4 is 0 Å². The molecule has 0 amide bonds. The lowest BCUT2D eigenvalue weighted by Crippen LogP contribution is -1.93. The normalized spacial score (nSPS) is 16.2. The fourth-order valence-corrected chi connectivity index (χ4v) is 1.16. The Morgan fingerprint density at radius 3 is 3.00 bits per heavy atom. The Balaban J connectivity index is 2.38. The Bertz CT molecular complexity index is 234. The van der Waals surface area contributed by atoms with Gasteiger partial charge >= 0.3 is 0 Å². The standard InChI is InChI=1S/C12H18O/c1-3-4-10-13-12-7-5-6-11(2)8-9-12/h5-6,8-9H,3-4,7,10H2,1-2H3. The highest BCUT2D eigenvalue weighted by atomic mass is 16.5. The molecule has 0 spiro atoms. The Morgan fingerprint density at radius 1 is 1.38 bits per heavy atom. The van der Waals surface area contributed by atoms with Crippen molar-refractivity contribution in [1.29, 1.82) is 0 Å². The third-order valence-corrected chi connectivity index (χ3v) is 2.02. The molecule has 0 aromatic heterocycles. The quantitative estimate of drug-likeness (QED) is 0.598. The summed E-state index contributed by atoms with van der Waals surface area (Å²) in [5.74, 6) is 1.08. The highest BCUT2D eigenvalue weighted by Gasteiger charge is 1.97. The first-order valence-corrected chi connectivity index (χ1v) is 4.99. The molecular formula is C12H18O. The van der Waals surface area contributed by atoms with E-state index in [2.05, 4.69) is 38.2 Å². The third-order valence-electron chi connectivity index (χ3n) is 2.02. The van der Waals surface area contributed by atoms with Gasteiger partial charge in [-0.2, -0.15) is 0 Å². The lowest BCUT2D eigenvalue weighted by Gasteiger charge is -2.06. The Morgan fingerprint density at radius 2 is 2.23 bits per heavy atom. The van der Waals surface area contributed by atoms with Crippen molar-refractivity contribution in [3.8, 4) is 0 Å². The molecule has 1 rings (SSSR count). The summed E-state index contributed by atoms with van der Waals surface area (Å²) in [6.07, 6.45) is 11.7. The van der Waals surface area contributed by atoms with Crippen LogP contribution in [0.2, 0.25) is 0 Å². The fraction of sp³-hybridized carbons (Fsp3) is 0.500. The molecule has 0 aromatic carbocycles. The predicted molar refractivity (Wildman–Crippen MR) is 56.5 cm³/mol. The van der Waals surface area contributed by atoms with Crippen molar-refractivity contribution in [2.24, 2.45) is 0 Å². The average molecular weight is 178 g/mol. The molecule has 0 atom stereocenters. The van der Waals surface area contributed by atoms with Crippen molar-refractivity contribution in [2.45, 2.75) is 33.1 Å². The number of hydrogen-bond acceptors (Lipinski definition) is 1. The van der Waals surface area contributed by atoms with Gasteiger partial charge in [0.2, 0.25) is 0 Å². The van der Waals surface area contributed by atoms with E-state index in [1.165, 1.54) is 12.0 Å². The Labute approximate surface area is 80.8 Å². The van der Waals surface area contributed by atoms with Gasteiger partial charge in [0, 0.05) is 6.42 Å². The first-order chi connectivity index (χ1) is 6.33. The van der Waals surface area contributed by atoms with Crippen LogP contribution in [0, 0.1) is 0 Å². The van der Waals surface area contributed by atoms with Gasteiger partial charge in [0.05, 0.1) is 12.4 Å². The number of hydrogen-bond donors (Lipinski definition) is 0. The number of unbranched alkanes of at least 4 members (excludes halogenated alkanes) is 1. The van der Waals surface area contributed by atoms with Crippen LogP contribution in [0.5, 0.6) is 0 Å². The number of rotatable bonds is 4. The average Bonchev–Trinajstić information content (AvgIpc) is 2.32. The van der Waals surface area contributed by atoms with Crippen molar-refractivity contribution < 1.29 is 4.74 Å². The van der Waals surface area contributed by atoms with Crippen LogP contribution in [0.4, 0.5) is 0 Å². The summed E-state index contributed by atoms with van der Waals surface area (Å²) >= 11 is 0. The molecule has 72 valence electrons. The molecule has 0 N–H and O–H groups in total. The van der Waals surface area contributed by atoms with E-state index in [0.29, 0.717) is 0 Å². The molecule has 1 aliphatic carbocycles. The van der Waals surface area contributed by atoms with E-state index in [1.807, 2.05) is 0 Å². The minimum atomic E-state index is 0.850. The first kappa shape index (κ1) is 10.1. The van der Waals surface area contributed by atoms with E-state index in [1.54, 1.807) is 0 Å². The van der Waals surface area contributed by atoms with Crippen LogP contribution in [-0.2, 0) is 4.74 Å². The molecule has 0 radical (unpaired) electrons. The van der Waals surface area contributed by atoms with Crippen LogP contribution in [0.1, 0.15) is 33.1 Å². The first-order valence-electron chi connectivity index (χ1n) is 4.99. The van der Waals surface area contributed by atoms with Crippen LogP contribution in [-0.4, -0.2) is 6.61 Å². The smallest absolute Gasteiger partial charge is 0.0997 e. The van der Waals surface area contributed by atoms with Crippen LogP contribution < -0.4 is 0 Å². The van der Waals surface area contributed by atoms with Crippen molar-refractivity contribution in [3.63, 3.8) is 0 Å². The predicted octanol–water partition coefficient (Wildman–Crippen LogP) is 3.59. The van der Waals surface area contributed by atoms with Gasteiger partial charge in [-0.25, -0.2) is 0 Å². The monoisotopic (exact) mass is 178 g/mol. The van der Waals surface area contributed by atoms with Crippen molar-refractivity contribution in [1.82, 2.24) is 0 Å². The van der Waals surface area contributed by atoms with Crippen LogP contribution >= 0.6 is 0 Å². The molecule has 1 nitrogen and oxygen atoms in total. The summed E-state index contributed by atoms with van der Waals surface area (Å²) in [5.41, 5.74) is 1.29. The van der Waals surface area contributed by atoms with Crippen LogP contribution in [0.3, 0.4) is 0 Å². The summed E-state index contributed by atoms with van der Waals surface area (Å²) in [5, 5.41) is 0. The summed E-state index contributed by atoms with van der Waals surface area (Å²) in [6, 6.07) is 0. The maximum absolute atomic E-state index is 5.62. The number of allylic oxidation sites excluding steroid dienone is 5. The van der Waals surface area contributed by atoms with Gasteiger partial charge in [0.25, 0.3) is 0 Å². The van der Waals surface area contributed by atoms with E-state index in [0.717, 1.165) is 25.2 Å². The molecule has 1 heteroatoms. The lowest BCUT2D eigenvalue weighted by molar-refractivity contribution is 0.203. The van der Waals surface area contributed by atoms with Crippen LogP contribution in [0.15, 0.2) is 35.6 Å². The zero-order chi connectivity index (χ0) is 9.52. The zero-order valence-corrected chi connectivity index (χ0v) is 8.55. The van der Waals surface area contributed by atoms with Crippen molar-refractivity contribution in [2.75, 3.05) is 6.61 Å². The highest BCUT2D eigenvalue weighted by molar-refractivity contribution is 5.27. The number of ether oxygens (including phenoxy) is 1.